The van der Waals surface area contributed by atoms with Gasteiger partial charge >= 0.3 is 0 Å². The van der Waals surface area contributed by atoms with Crippen LogP contribution in [0.4, 0.5) is 0 Å². The minimum absolute atomic E-state index is 0.218. The third kappa shape index (κ3) is 7.31. The van der Waals surface area contributed by atoms with Crippen molar-refractivity contribution in [1.82, 2.24) is 0 Å². The van der Waals surface area contributed by atoms with Crippen LogP contribution in [0.5, 0.6) is 0 Å². The molecule has 1 aromatic carbocycles. The standard InChI is InChI=1S/C16H26O3/c1-14-4-6-15(7-5-14)12-16(13-17)8-11-19-10-3-9-18-2/h4-7,16-17H,3,8-13H2,1-2H3. The van der Waals surface area contributed by atoms with E-state index in [1.54, 1.807) is 7.11 Å². The Bertz CT molecular complexity index is 321. The summed E-state index contributed by atoms with van der Waals surface area (Å²) >= 11 is 0. The molecule has 0 aliphatic rings. The van der Waals surface area contributed by atoms with Gasteiger partial charge in [-0.3, -0.25) is 0 Å². The van der Waals surface area contributed by atoms with Crippen LogP contribution in [0.1, 0.15) is 24.0 Å². The molecule has 0 radical (unpaired) electrons. The van der Waals surface area contributed by atoms with E-state index in [9.17, 15) is 5.11 Å². The Hall–Kier alpha value is -0.900. The highest BCUT2D eigenvalue weighted by atomic mass is 16.5. The number of ether oxygens (including phenoxy) is 2. The fourth-order valence-electron chi connectivity index (χ4n) is 1.97. The molecule has 3 nitrogen and oxygen atoms in total. The van der Waals surface area contributed by atoms with E-state index >= 15 is 0 Å². The molecular formula is C16H26O3. The number of rotatable bonds is 10. The van der Waals surface area contributed by atoms with Gasteiger partial charge in [0.15, 0.2) is 0 Å². The van der Waals surface area contributed by atoms with Gasteiger partial charge in [-0.1, -0.05) is 29.8 Å². The Balaban J connectivity index is 2.20. The molecule has 1 unspecified atom stereocenters. The van der Waals surface area contributed by atoms with E-state index in [0.717, 1.165) is 32.5 Å². The maximum atomic E-state index is 9.41. The lowest BCUT2D eigenvalue weighted by Crippen LogP contribution is -2.13. The first-order valence-corrected chi connectivity index (χ1v) is 6.99. The quantitative estimate of drug-likeness (QED) is 0.662. The smallest absolute Gasteiger partial charge is 0.0487 e. The van der Waals surface area contributed by atoms with Gasteiger partial charge in [0.1, 0.15) is 0 Å². The van der Waals surface area contributed by atoms with Gasteiger partial charge in [-0.25, -0.2) is 0 Å². The van der Waals surface area contributed by atoms with Gasteiger partial charge in [0, 0.05) is 33.5 Å². The lowest BCUT2D eigenvalue weighted by molar-refractivity contribution is 0.0857. The molecule has 0 saturated carbocycles. The van der Waals surface area contributed by atoms with Gasteiger partial charge < -0.3 is 14.6 Å². The van der Waals surface area contributed by atoms with Crippen molar-refractivity contribution in [3.63, 3.8) is 0 Å². The lowest BCUT2D eigenvalue weighted by Gasteiger charge is -2.14. The van der Waals surface area contributed by atoms with Crippen molar-refractivity contribution in [3.05, 3.63) is 35.4 Å². The van der Waals surface area contributed by atoms with Crippen LogP contribution in [0.3, 0.4) is 0 Å². The summed E-state index contributed by atoms with van der Waals surface area (Å²) in [6, 6.07) is 8.50. The fourth-order valence-corrected chi connectivity index (χ4v) is 1.97. The number of benzene rings is 1. The number of aliphatic hydroxyl groups excluding tert-OH is 1. The molecule has 0 spiro atoms. The van der Waals surface area contributed by atoms with Gasteiger partial charge in [-0.15, -0.1) is 0 Å². The van der Waals surface area contributed by atoms with Crippen molar-refractivity contribution in [1.29, 1.82) is 0 Å². The van der Waals surface area contributed by atoms with Crippen molar-refractivity contribution in [2.24, 2.45) is 5.92 Å². The van der Waals surface area contributed by atoms with E-state index in [4.69, 9.17) is 9.47 Å². The molecule has 0 saturated heterocycles. The Morgan fingerprint density at radius 2 is 1.84 bits per heavy atom. The second-order valence-electron chi connectivity index (χ2n) is 4.99. The van der Waals surface area contributed by atoms with Gasteiger partial charge in [-0.05, 0) is 37.7 Å². The molecule has 108 valence electrons. The molecule has 1 aromatic rings. The molecule has 0 aliphatic carbocycles. The molecule has 1 rings (SSSR count). The number of methoxy groups -OCH3 is 1. The molecule has 0 bridgehead atoms. The summed E-state index contributed by atoms with van der Waals surface area (Å²) in [7, 11) is 1.70. The van der Waals surface area contributed by atoms with E-state index in [0.29, 0.717) is 6.61 Å². The van der Waals surface area contributed by atoms with Crippen LogP contribution in [-0.2, 0) is 15.9 Å². The maximum Gasteiger partial charge on any atom is 0.0487 e. The second kappa shape index (κ2) is 9.96. The predicted molar refractivity (Wildman–Crippen MR) is 77.4 cm³/mol. The number of aliphatic hydroxyl groups is 1. The van der Waals surface area contributed by atoms with E-state index in [-0.39, 0.29) is 12.5 Å². The lowest BCUT2D eigenvalue weighted by atomic mass is 9.97. The van der Waals surface area contributed by atoms with E-state index in [1.165, 1.54) is 11.1 Å². The average molecular weight is 266 g/mol. The number of hydrogen-bond acceptors (Lipinski definition) is 3. The highest BCUT2D eigenvalue weighted by Crippen LogP contribution is 2.13. The first kappa shape index (κ1) is 16.2. The zero-order valence-electron chi connectivity index (χ0n) is 12.1. The molecule has 0 aliphatic heterocycles. The summed E-state index contributed by atoms with van der Waals surface area (Å²) in [6.07, 6.45) is 2.74. The molecular weight excluding hydrogens is 240 g/mol. The SMILES string of the molecule is COCCCOCCC(CO)Cc1ccc(C)cc1. The van der Waals surface area contributed by atoms with E-state index in [2.05, 4.69) is 31.2 Å². The summed E-state index contributed by atoms with van der Waals surface area (Å²) < 4.78 is 10.5. The van der Waals surface area contributed by atoms with Crippen LogP contribution in [0.15, 0.2) is 24.3 Å². The van der Waals surface area contributed by atoms with Gasteiger partial charge in [0.05, 0.1) is 0 Å². The fraction of sp³-hybridized carbons (Fsp3) is 0.625. The van der Waals surface area contributed by atoms with E-state index < -0.39 is 0 Å². The molecule has 0 aromatic heterocycles. The zero-order valence-corrected chi connectivity index (χ0v) is 12.1. The van der Waals surface area contributed by atoms with Crippen LogP contribution < -0.4 is 0 Å². The Labute approximate surface area is 116 Å². The summed E-state index contributed by atoms with van der Waals surface area (Å²) in [5, 5.41) is 9.41. The van der Waals surface area contributed by atoms with Crippen molar-refractivity contribution in [2.75, 3.05) is 33.5 Å². The van der Waals surface area contributed by atoms with Crippen molar-refractivity contribution < 1.29 is 14.6 Å². The highest BCUT2D eigenvalue weighted by molar-refractivity contribution is 5.21. The monoisotopic (exact) mass is 266 g/mol. The maximum absolute atomic E-state index is 9.41. The predicted octanol–water partition coefficient (Wildman–Crippen LogP) is 2.59. The Morgan fingerprint density at radius 1 is 1.11 bits per heavy atom. The largest absolute Gasteiger partial charge is 0.396 e. The molecule has 0 heterocycles. The van der Waals surface area contributed by atoms with Crippen LogP contribution in [-0.4, -0.2) is 38.6 Å². The molecule has 3 heteroatoms. The van der Waals surface area contributed by atoms with Crippen LogP contribution in [0.2, 0.25) is 0 Å². The Morgan fingerprint density at radius 3 is 2.47 bits per heavy atom. The van der Waals surface area contributed by atoms with Crippen molar-refractivity contribution >= 4 is 0 Å². The second-order valence-corrected chi connectivity index (χ2v) is 4.99. The minimum atomic E-state index is 0.218. The summed E-state index contributed by atoms with van der Waals surface area (Å²) in [5.74, 6) is 0.283. The number of hydrogen-bond donors (Lipinski definition) is 1. The molecule has 0 amide bonds. The van der Waals surface area contributed by atoms with Gasteiger partial charge in [-0.2, -0.15) is 0 Å². The first-order chi connectivity index (χ1) is 9.26. The summed E-state index contributed by atoms with van der Waals surface area (Å²) in [4.78, 5) is 0. The van der Waals surface area contributed by atoms with Gasteiger partial charge in [0.2, 0.25) is 0 Å². The van der Waals surface area contributed by atoms with Crippen molar-refractivity contribution in [2.45, 2.75) is 26.2 Å². The number of aryl methyl sites for hydroxylation is 1. The topological polar surface area (TPSA) is 38.7 Å². The Kier molecular flexibility index (Phi) is 8.47. The normalized spacial score (nSPS) is 12.6. The molecule has 1 N–H and O–H groups in total. The molecule has 0 fully saturated rings. The minimum Gasteiger partial charge on any atom is -0.396 e. The summed E-state index contributed by atoms with van der Waals surface area (Å²) in [5.41, 5.74) is 2.55. The summed E-state index contributed by atoms with van der Waals surface area (Å²) in [6.45, 7) is 4.49. The average Bonchev–Trinajstić information content (AvgIpc) is 2.43. The third-order valence-corrected chi connectivity index (χ3v) is 3.21. The van der Waals surface area contributed by atoms with E-state index in [1.807, 2.05) is 0 Å². The van der Waals surface area contributed by atoms with Crippen molar-refractivity contribution in [3.8, 4) is 0 Å². The highest BCUT2D eigenvalue weighted by Gasteiger charge is 2.08. The van der Waals surface area contributed by atoms with Gasteiger partial charge in [0.25, 0.3) is 0 Å². The molecule has 19 heavy (non-hydrogen) atoms. The van der Waals surface area contributed by atoms with Crippen LogP contribution in [0.25, 0.3) is 0 Å². The zero-order chi connectivity index (χ0) is 13.9. The first-order valence-electron chi connectivity index (χ1n) is 6.99. The third-order valence-electron chi connectivity index (χ3n) is 3.21. The van der Waals surface area contributed by atoms with Crippen LogP contribution in [0, 0.1) is 12.8 Å². The molecule has 1 atom stereocenters. The van der Waals surface area contributed by atoms with Crippen LogP contribution >= 0.6 is 0 Å².